The zero-order chi connectivity index (χ0) is 17.2. The predicted octanol–water partition coefficient (Wildman–Crippen LogP) is 2.06. The van der Waals surface area contributed by atoms with E-state index in [1.807, 2.05) is 18.2 Å². The first kappa shape index (κ1) is 16.5. The number of amides is 1. The van der Waals surface area contributed by atoms with Crippen LogP contribution in [-0.4, -0.2) is 31.9 Å². The van der Waals surface area contributed by atoms with Gasteiger partial charge in [-0.1, -0.05) is 6.42 Å². The van der Waals surface area contributed by atoms with Crippen molar-refractivity contribution in [2.45, 2.75) is 38.1 Å². The van der Waals surface area contributed by atoms with Gasteiger partial charge in [-0.15, -0.1) is 0 Å². The van der Waals surface area contributed by atoms with Crippen LogP contribution in [0.1, 0.15) is 32.1 Å². The van der Waals surface area contributed by atoms with Crippen molar-refractivity contribution < 1.29 is 19.0 Å². The molecule has 4 rings (SSSR count). The molecule has 0 spiro atoms. The summed E-state index contributed by atoms with van der Waals surface area (Å²) >= 11 is 0. The SMILES string of the molecule is NC1C2CCCC1CC(C(=O)NCCOc1ccc3c(c1)OCO3)C2. The Balaban J connectivity index is 1.22. The van der Waals surface area contributed by atoms with E-state index in [2.05, 4.69) is 5.32 Å². The summed E-state index contributed by atoms with van der Waals surface area (Å²) in [4.78, 5) is 12.5. The molecule has 3 aliphatic rings. The summed E-state index contributed by atoms with van der Waals surface area (Å²) in [5.74, 6) is 3.46. The minimum Gasteiger partial charge on any atom is -0.492 e. The summed E-state index contributed by atoms with van der Waals surface area (Å²) in [5.41, 5.74) is 6.30. The predicted molar refractivity (Wildman–Crippen MR) is 92.6 cm³/mol. The molecular formula is C19H26N2O4. The first-order valence-corrected chi connectivity index (χ1v) is 9.26. The standard InChI is InChI=1S/C19H26N2O4/c20-18-12-2-1-3-13(18)9-14(8-12)19(22)21-6-7-23-15-4-5-16-17(10-15)25-11-24-16/h4-5,10,12-14,18H,1-3,6-9,11,20H2,(H,21,22). The van der Waals surface area contributed by atoms with Crippen LogP contribution < -0.4 is 25.3 Å². The Morgan fingerprint density at radius 1 is 1.20 bits per heavy atom. The third-order valence-electron chi connectivity index (χ3n) is 5.80. The van der Waals surface area contributed by atoms with E-state index in [-0.39, 0.29) is 18.6 Å². The fourth-order valence-corrected chi connectivity index (χ4v) is 4.46. The molecule has 2 atom stereocenters. The van der Waals surface area contributed by atoms with E-state index >= 15 is 0 Å². The average Bonchev–Trinajstić information content (AvgIpc) is 3.06. The van der Waals surface area contributed by atoms with Crippen LogP contribution in [-0.2, 0) is 4.79 Å². The number of hydrogen-bond acceptors (Lipinski definition) is 5. The summed E-state index contributed by atoms with van der Waals surface area (Å²) < 4.78 is 16.3. The molecule has 1 aliphatic heterocycles. The third-order valence-corrected chi connectivity index (χ3v) is 5.80. The fourth-order valence-electron chi connectivity index (χ4n) is 4.46. The van der Waals surface area contributed by atoms with Crippen molar-refractivity contribution in [3.05, 3.63) is 18.2 Å². The van der Waals surface area contributed by atoms with Crippen LogP contribution in [0.15, 0.2) is 18.2 Å². The smallest absolute Gasteiger partial charge is 0.231 e. The van der Waals surface area contributed by atoms with E-state index < -0.39 is 0 Å². The van der Waals surface area contributed by atoms with Gasteiger partial charge in [-0.25, -0.2) is 0 Å². The van der Waals surface area contributed by atoms with Crippen molar-refractivity contribution in [2.24, 2.45) is 23.5 Å². The number of carbonyl (C=O) groups is 1. The zero-order valence-electron chi connectivity index (χ0n) is 14.4. The number of nitrogens with one attached hydrogen (secondary N) is 1. The van der Waals surface area contributed by atoms with Gasteiger partial charge in [0.05, 0.1) is 6.54 Å². The van der Waals surface area contributed by atoms with Crippen molar-refractivity contribution in [1.29, 1.82) is 0 Å². The van der Waals surface area contributed by atoms with E-state index in [9.17, 15) is 4.79 Å². The number of benzene rings is 1. The van der Waals surface area contributed by atoms with Gasteiger partial charge in [0.2, 0.25) is 12.7 Å². The van der Waals surface area contributed by atoms with Crippen LogP contribution in [0.2, 0.25) is 0 Å². The molecule has 0 saturated heterocycles. The summed E-state index contributed by atoms with van der Waals surface area (Å²) in [6, 6.07) is 5.79. The first-order chi connectivity index (χ1) is 12.2. The molecule has 6 nitrogen and oxygen atoms in total. The van der Waals surface area contributed by atoms with Gasteiger partial charge >= 0.3 is 0 Å². The summed E-state index contributed by atoms with van der Waals surface area (Å²) in [5, 5.41) is 3.02. The highest BCUT2D eigenvalue weighted by Crippen LogP contribution is 2.41. The van der Waals surface area contributed by atoms with E-state index in [4.69, 9.17) is 19.9 Å². The van der Waals surface area contributed by atoms with Gasteiger partial charge in [0.25, 0.3) is 0 Å². The molecule has 136 valence electrons. The lowest BCUT2D eigenvalue weighted by Crippen LogP contribution is -2.49. The second-order valence-electron chi connectivity index (χ2n) is 7.35. The Bertz CT molecular complexity index is 622. The maximum absolute atomic E-state index is 12.5. The summed E-state index contributed by atoms with van der Waals surface area (Å²) in [6.45, 7) is 1.19. The number of nitrogens with two attached hydrogens (primary N) is 1. The van der Waals surface area contributed by atoms with Gasteiger partial charge in [0, 0.05) is 18.0 Å². The number of ether oxygens (including phenoxy) is 3. The van der Waals surface area contributed by atoms with Crippen LogP contribution in [0, 0.1) is 17.8 Å². The lowest BCUT2D eigenvalue weighted by molar-refractivity contribution is -0.128. The van der Waals surface area contributed by atoms with E-state index in [0.717, 1.165) is 24.3 Å². The molecule has 2 bridgehead atoms. The second kappa shape index (κ2) is 7.12. The molecule has 2 saturated carbocycles. The van der Waals surface area contributed by atoms with Gasteiger partial charge in [-0.3, -0.25) is 4.79 Å². The maximum atomic E-state index is 12.5. The molecule has 1 aromatic carbocycles. The molecule has 0 aromatic heterocycles. The Labute approximate surface area is 148 Å². The van der Waals surface area contributed by atoms with Crippen molar-refractivity contribution in [1.82, 2.24) is 5.32 Å². The third kappa shape index (κ3) is 3.54. The first-order valence-electron chi connectivity index (χ1n) is 9.26. The molecule has 2 fully saturated rings. The van der Waals surface area contributed by atoms with E-state index in [1.165, 1.54) is 19.3 Å². The van der Waals surface area contributed by atoms with Crippen LogP contribution >= 0.6 is 0 Å². The largest absolute Gasteiger partial charge is 0.492 e. The number of rotatable bonds is 5. The molecule has 2 aliphatic carbocycles. The summed E-state index contributed by atoms with van der Waals surface area (Å²) in [7, 11) is 0. The highest BCUT2D eigenvalue weighted by atomic mass is 16.7. The van der Waals surface area contributed by atoms with Crippen molar-refractivity contribution in [3.63, 3.8) is 0 Å². The fraction of sp³-hybridized carbons (Fsp3) is 0.632. The molecule has 1 heterocycles. The van der Waals surface area contributed by atoms with E-state index in [0.29, 0.717) is 36.8 Å². The number of fused-ring (bicyclic) bond motifs is 3. The molecule has 6 heteroatoms. The van der Waals surface area contributed by atoms with Crippen LogP contribution in [0.5, 0.6) is 17.2 Å². The molecular weight excluding hydrogens is 320 g/mol. The monoisotopic (exact) mass is 346 g/mol. The van der Waals surface area contributed by atoms with Gasteiger partial charge < -0.3 is 25.3 Å². The van der Waals surface area contributed by atoms with Crippen molar-refractivity contribution in [2.75, 3.05) is 19.9 Å². The highest BCUT2D eigenvalue weighted by Gasteiger charge is 2.40. The maximum Gasteiger partial charge on any atom is 0.231 e. The molecule has 1 aromatic rings. The van der Waals surface area contributed by atoms with E-state index in [1.54, 1.807) is 0 Å². The number of hydrogen-bond donors (Lipinski definition) is 2. The molecule has 2 unspecified atom stereocenters. The second-order valence-corrected chi connectivity index (χ2v) is 7.35. The number of carbonyl (C=O) groups excluding carboxylic acids is 1. The average molecular weight is 346 g/mol. The minimum absolute atomic E-state index is 0.112. The Morgan fingerprint density at radius 3 is 2.76 bits per heavy atom. The van der Waals surface area contributed by atoms with Crippen LogP contribution in [0.4, 0.5) is 0 Å². The molecule has 1 amide bonds. The Hall–Kier alpha value is -1.95. The van der Waals surface area contributed by atoms with Gasteiger partial charge in [-0.2, -0.15) is 0 Å². The van der Waals surface area contributed by atoms with Crippen molar-refractivity contribution >= 4 is 5.91 Å². The molecule has 3 N–H and O–H groups in total. The van der Waals surface area contributed by atoms with Gasteiger partial charge in [0.1, 0.15) is 12.4 Å². The topological polar surface area (TPSA) is 82.8 Å². The Kier molecular flexibility index (Phi) is 4.70. The highest BCUT2D eigenvalue weighted by molar-refractivity contribution is 5.78. The van der Waals surface area contributed by atoms with Crippen LogP contribution in [0.3, 0.4) is 0 Å². The van der Waals surface area contributed by atoms with Crippen molar-refractivity contribution in [3.8, 4) is 17.2 Å². The molecule has 0 radical (unpaired) electrons. The minimum atomic E-state index is 0.112. The van der Waals surface area contributed by atoms with Crippen LogP contribution in [0.25, 0.3) is 0 Å². The quantitative estimate of drug-likeness (QED) is 0.798. The zero-order valence-corrected chi connectivity index (χ0v) is 14.4. The molecule has 25 heavy (non-hydrogen) atoms. The Morgan fingerprint density at radius 2 is 1.96 bits per heavy atom. The lowest BCUT2D eigenvalue weighted by Gasteiger charge is -2.43. The van der Waals surface area contributed by atoms with Gasteiger partial charge in [-0.05, 0) is 49.7 Å². The van der Waals surface area contributed by atoms with Gasteiger partial charge in [0.15, 0.2) is 11.5 Å². The summed E-state index contributed by atoms with van der Waals surface area (Å²) in [6.07, 6.45) is 5.49. The normalized spacial score (nSPS) is 30.0. The lowest BCUT2D eigenvalue weighted by atomic mass is 9.65.